The van der Waals surface area contributed by atoms with E-state index in [-0.39, 0.29) is 22.1 Å². The van der Waals surface area contributed by atoms with Crippen LogP contribution in [0.15, 0.2) is 77.7 Å². The minimum absolute atomic E-state index is 0.00136. The third-order valence-corrected chi connectivity index (χ3v) is 6.58. The summed E-state index contributed by atoms with van der Waals surface area (Å²) in [5, 5.41) is 22.6. The number of aryl methyl sites for hydroxylation is 2. The summed E-state index contributed by atoms with van der Waals surface area (Å²) in [5.74, 6) is -0.0603. The van der Waals surface area contributed by atoms with Crippen LogP contribution in [0.25, 0.3) is 21.9 Å². The van der Waals surface area contributed by atoms with Crippen molar-refractivity contribution < 1.29 is 18.6 Å². The molecular formula is C24H21NO4S. The molecule has 0 saturated heterocycles. The molecule has 0 fully saturated rings. The summed E-state index contributed by atoms with van der Waals surface area (Å²) in [6.45, 7) is 3.57. The second-order valence-electron chi connectivity index (χ2n) is 7.29. The molecule has 6 heteroatoms. The van der Waals surface area contributed by atoms with Crippen molar-refractivity contribution in [1.82, 2.24) is 0 Å². The second-order valence-corrected chi connectivity index (χ2v) is 8.94. The molecule has 0 aliphatic carbocycles. The Balaban J connectivity index is 1.83. The van der Waals surface area contributed by atoms with Crippen LogP contribution in [-0.4, -0.2) is 18.6 Å². The van der Waals surface area contributed by atoms with Crippen LogP contribution in [0, 0.1) is 13.8 Å². The van der Waals surface area contributed by atoms with Gasteiger partial charge in [-0.2, -0.15) is 0 Å². The van der Waals surface area contributed by atoms with Gasteiger partial charge in [0.25, 0.3) is 10.0 Å². The number of benzene rings is 4. The van der Waals surface area contributed by atoms with E-state index in [0.29, 0.717) is 16.7 Å². The lowest BCUT2D eigenvalue weighted by atomic mass is 9.96. The van der Waals surface area contributed by atoms with Crippen molar-refractivity contribution in [2.45, 2.75) is 18.7 Å². The van der Waals surface area contributed by atoms with Crippen molar-refractivity contribution in [1.29, 1.82) is 0 Å². The SMILES string of the molecule is Cc1ccc(C)c(S(=O)(=O)Nc2ccc(O)c(-c3c(O)ccc4ccccc34)c2)c1. The number of anilines is 1. The van der Waals surface area contributed by atoms with Gasteiger partial charge in [-0.25, -0.2) is 8.42 Å². The minimum atomic E-state index is -3.83. The molecule has 0 spiro atoms. The van der Waals surface area contributed by atoms with E-state index in [2.05, 4.69) is 4.72 Å². The number of hydrogen-bond acceptors (Lipinski definition) is 4. The van der Waals surface area contributed by atoms with Crippen LogP contribution in [0.5, 0.6) is 11.5 Å². The molecule has 30 heavy (non-hydrogen) atoms. The molecule has 4 aromatic carbocycles. The maximum atomic E-state index is 13.0. The van der Waals surface area contributed by atoms with E-state index in [0.717, 1.165) is 16.3 Å². The van der Waals surface area contributed by atoms with Gasteiger partial charge in [-0.3, -0.25) is 4.72 Å². The molecule has 4 rings (SSSR count). The predicted molar refractivity (Wildman–Crippen MR) is 119 cm³/mol. The van der Waals surface area contributed by atoms with Crippen molar-refractivity contribution in [3.63, 3.8) is 0 Å². The first kappa shape index (κ1) is 19.8. The zero-order valence-corrected chi connectivity index (χ0v) is 17.4. The fraction of sp³-hybridized carbons (Fsp3) is 0.0833. The smallest absolute Gasteiger partial charge is 0.262 e. The first-order valence-corrected chi connectivity index (χ1v) is 10.9. The number of nitrogens with one attached hydrogen (secondary N) is 1. The summed E-state index contributed by atoms with van der Waals surface area (Å²) in [6.07, 6.45) is 0. The highest BCUT2D eigenvalue weighted by Crippen LogP contribution is 2.42. The van der Waals surface area contributed by atoms with Gasteiger partial charge in [-0.1, -0.05) is 42.5 Å². The molecule has 0 atom stereocenters. The van der Waals surface area contributed by atoms with Gasteiger partial charge in [-0.05, 0) is 66.1 Å². The van der Waals surface area contributed by atoms with Crippen molar-refractivity contribution in [3.8, 4) is 22.6 Å². The van der Waals surface area contributed by atoms with Crippen LogP contribution in [0.4, 0.5) is 5.69 Å². The lowest BCUT2D eigenvalue weighted by molar-refractivity contribution is 0.470. The van der Waals surface area contributed by atoms with Crippen LogP contribution >= 0.6 is 0 Å². The Hall–Kier alpha value is -3.51. The molecule has 0 radical (unpaired) electrons. The highest BCUT2D eigenvalue weighted by atomic mass is 32.2. The molecule has 5 nitrogen and oxygen atoms in total. The Kier molecular flexibility index (Phi) is 4.87. The zero-order chi connectivity index (χ0) is 21.5. The summed E-state index contributed by atoms with van der Waals surface area (Å²) in [5.41, 5.74) is 2.55. The van der Waals surface area contributed by atoms with Crippen LogP contribution in [0.1, 0.15) is 11.1 Å². The van der Waals surface area contributed by atoms with Gasteiger partial charge in [-0.15, -0.1) is 0 Å². The van der Waals surface area contributed by atoms with Gasteiger partial charge in [0.1, 0.15) is 11.5 Å². The zero-order valence-electron chi connectivity index (χ0n) is 16.5. The fourth-order valence-corrected chi connectivity index (χ4v) is 4.93. The van der Waals surface area contributed by atoms with Crippen molar-refractivity contribution >= 4 is 26.5 Å². The van der Waals surface area contributed by atoms with E-state index in [1.807, 2.05) is 37.3 Å². The number of hydrogen-bond donors (Lipinski definition) is 3. The van der Waals surface area contributed by atoms with Crippen molar-refractivity contribution in [2.24, 2.45) is 0 Å². The standard InChI is InChI=1S/C24H21NO4S/c1-15-7-8-16(2)23(13-15)30(28,29)25-18-10-12-21(26)20(14-18)24-19-6-4-3-5-17(19)9-11-22(24)27/h3-14,25-27H,1-2H3. The maximum absolute atomic E-state index is 13.0. The Labute approximate surface area is 175 Å². The maximum Gasteiger partial charge on any atom is 0.262 e. The monoisotopic (exact) mass is 419 g/mol. The number of fused-ring (bicyclic) bond motifs is 1. The average molecular weight is 420 g/mol. The van der Waals surface area contributed by atoms with E-state index in [9.17, 15) is 18.6 Å². The third-order valence-electron chi connectivity index (χ3n) is 5.06. The molecule has 0 aliphatic heterocycles. The van der Waals surface area contributed by atoms with Gasteiger partial charge in [0.05, 0.1) is 4.90 Å². The summed E-state index contributed by atoms with van der Waals surface area (Å²) in [6, 6.07) is 20.5. The van der Waals surface area contributed by atoms with Gasteiger partial charge < -0.3 is 10.2 Å². The molecular weight excluding hydrogens is 398 g/mol. The highest BCUT2D eigenvalue weighted by Gasteiger charge is 2.19. The largest absolute Gasteiger partial charge is 0.507 e. The van der Waals surface area contributed by atoms with Crippen LogP contribution in [-0.2, 0) is 10.0 Å². The normalized spacial score (nSPS) is 11.5. The van der Waals surface area contributed by atoms with Crippen molar-refractivity contribution in [3.05, 3.63) is 83.9 Å². The predicted octanol–water partition coefficient (Wildman–Crippen LogP) is 5.34. The van der Waals surface area contributed by atoms with Crippen LogP contribution < -0.4 is 4.72 Å². The average Bonchev–Trinajstić information content (AvgIpc) is 2.71. The fourth-order valence-electron chi connectivity index (χ4n) is 3.55. The lowest BCUT2D eigenvalue weighted by Gasteiger charge is -2.15. The number of aromatic hydroxyl groups is 2. The van der Waals surface area contributed by atoms with E-state index in [1.165, 1.54) is 18.2 Å². The molecule has 3 N–H and O–H groups in total. The number of rotatable bonds is 4. The summed E-state index contributed by atoms with van der Waals surface area (Å²) in [4.78, 5) is 0.199. The van der Waals surface area contributed by atoms with E-state index in [4.69, 9.17) is 0 Å². The van der Waals surface area contributed by atoms with E-state index >= 15 is 0 Å². The molecule has 0 unspecified atom stereocenters. The van der Waals surface area contributed by atoms with Crippen LogP contribution in [0.2, 0.25) is 0 Å². The number of phenols is 2. The molecule has 0 bridgehead atoms. The quantitative estimate of drug-likeness (QED) is 0.390. The highest BCUT2D eigenvalue weighted by molar-refractivity contribution is 7.92. The lowest BCUT2D eigenvalue weighted by Crippen LogP contribution is -2.14. The molecule has 0 aromatic heterocycles. The summed E-state index contributed by atoms with van der Waals surface area (Å²) >= 11 is 0. The van der Waals surface area contributed by atoms with Gasteiger partial charge in [0, 0.05) is 16.8 Å². The van der Waals surface area contributed by atoms with Crippen LogP contribution in [0.3, 0.4) is 0 Å². The molecule has 0 heterocycles. The van der Waals surface area contributed by atoms with Gasteiger partial charge in [0.2, 0.25) is 0 Å². The van der Waals surface area contributed by atoms with Gasteiger partial charge >= 0.3 is 0 Å². The Morgan fingerprint density at radius 2 is 1.53 bits per heavy atom. The second kappa shape index (κ2) is 7.39. The van der Waals surface area contributed by atoms with E-state index in [1.54, 1.807) is 31.2 Å². The van der Waals surface area contributed by atoms with Gasteiger partial charge in [0.15, 0.2) is 0 Å². The Bertz CT molecular complexity index is 1380. The summed E-state index contributed by atoms with van der Waals surface area (Å²) in [7, 11) is -3.83. The van der Waals surface area contributed by atoms with E-state index < -0.39 is 10.0 Å². The molecule has 0 saturated carbocycles. The number of sulfonamides is 1. The Morgan fingerprint density at radius 1 is 0.800 bits per heavy atom. The Morgan fingerprint density at radius 3 is 2.33 bits per heavy atom. The third kappa shape index (κ3) is 3.57. The molecule has 0 aliphatic rings. The number of phenolic OH excluding ortho intramolecular Hbond substituents is 2. The molecule has 152 valence electrons. The first-order valence-electron chi connectivity index (χ1n) is 9.40. The first-order chi connectivity index (χ1) is 14.3. The topological polar surface area (TPSA) is 86.6 Å². The van der Waals surface area contributed by atoms with Crippen molar-refractivity contribution in [2.75, 3.05) is 4.72 Å². The minimum Gasteiger partial charge on any atom is -0.507 e. The molecule has 4 aromatic rings. The molecule has 0 amide bonds. The summed E-state index contributed by atoms with van der Waals surface area (Å²) < 4.78 is 28.5.